The van der Waals surface area contributed by atoms with Gasteiger partial charge in [-0.05, 0) is 137 Å². The highest BCUT2D eigenvalue weighted by molar-refractivity contribution is 7.26. The lowest BCUT2D eigenvalue weighted by atomic mass is 9.85. The maximum Gasteiger partial charge on any atom is 0.143 e. The van der Waals surface area contributed by atoms with E-state index in [0.29, 0.717) is 0 Å². The van der Waals surface area contributed by atoms with Crippen LogP contribution in [0.2, 0.25) is 0 Å². The number of benzene rings is 10. The van der Waals surface area contributed by atoms with Gasteiger partial charge in [-0.25, -0.2) is 0 Å². The largest absolute Gasteiger partial charge is 0.455 e. The molecule has 3 nitrogen and oxygen atoms in total. The molecular weight excluding hydrogens is 797 g/mol. The Labute approximate surface area is 371 Å². The molecule has 14 rings (SSSR count). The molecule has 0 N–H and O–H groups in total. The topological polar surface area (TPSA) is 38.9 Å². The van der Waals surface area contributed by atoms with Gasteiger partial charge in [-0.1, -0.05) is 127 Å². The molecule has 0 unspecified atom stereocenters. The standard InChI is InChI=1S/C60H34N2OS/c1-2-11-35(12-3-1)58-47-23-25-62-34-54(47)59(48-24-26-61-33-53(48)58)39-28-37(27-38(29-39)40-18-10-19-49-45-17-8-9-20-55(45)63-60(40)49)36-21-22-46-52-31-50-43-15-6-4-13-41(43)42-14-5-7-16-44(42)51(50)32-57(52)64-56(46)30-36/h1-34H. The number of rotatable bonds is 4. The molecule has 4 heteroatoms. The zero-order valence-corrected chi connectivity index (χ0v) is 35.2. The van der Waals surface area contributed by atoms with Crippen LogP contribution in [-0.2, 0) is 0 Å². The van der Waals surface area contributed by atoms with Crippen molar-refractivity contribution in [2.75, 3.05) is 0 Å². The molecule has 0 amide bonds. The van der Waals surface area contributed by atoms with E-state index in [9.17, 15) is 0 Å². The number of nitrogens with zero attached hydrogens (tertiary/aromatic N) is 2. The second-order valence-corrected chi connectivity index (χ2v) is 17.9. The van der Waals surface area contributed by atoms with Crippen molar-refractivity contribution in [3.8, 4) is 44.5 Å². The van der Waals surface area contributed by atoms with Gasteiger partial charge in [0.05, 0.1) is 0 Å². The maximum atomic E-state index is 6.70. The number of pyridine rings is 2. The molecule has 296 valence electrons. The van der Waals surface area contributed by atoms with Crippen LogP contribution in [0.15, 0.2) is 211 Å². The van der Waals surface area contributed by atoms with Gasteiger partial charge in [-0.3, -0.25) is 9.97 Å². The van der Waals surface area contributed by atoms with Gasteiger partial charge in [0.15, 0.2) is 0 Å². The lowest BCUT2D eigenvalue weighted by Crippen LogP contribution is -1.93. The van der Waals surface area contributed by atoms with E-state index in [0.717, 1.165) is 88.0 Å². The van der Waals surface area contributed by atoms with E-state index in [-0.39, 0.29) is 0 Å². The molecule has 0 radical (unpaired) electrons. The van der Waals surface area contributed by atoms with Crippen LogP contribution in [0.4, 0.5) is 0 Å². The number of hydrogen-bond donors (Lipinski definition) is 0. The Hall–Kier alpha value is -8.18. The maximum absolute atomic E-state index is 6.70. The van der Waals surface area contributed by atoms with Crippen LogP contribution in [0.3, 0.4) is 0 Å². The normalized spacial score (nSPS) is 12.1. The predicted molar refractivity (Wildman–Crippen MR) is 271 cm³/mol. The summed E-state index contributed by atoms with van der Waals surface area (Å²) in [6, 6.07) is 66.4. The molecule has 4 heterocycles. The van der Waals surface area contributed by atoms with Crippen LogP contribution in [-0.4, -0.2) is 9.97 Å². The SMILES string of the molecule is c1ccc(-c2c3ccncc3c(-c3cc(-c4ccc5c(c4)sc4cc6c7ccccc7c7ccccc7c6cc45)cc(-c4cccc5c4oc4ccccc45)c3)c3ccncc23)cc1. The first-order valence-corrected chi connectivity index (χ1v) is 22.5. The highest BCUT2D eigenvalue weighted by Gasteiger charge is 2.21. The summed E-state index contributed by atoms with van der Waals surface area (Å²) in [5.74, 6) is 0. The van der Waals surface area contributed by atoms with E-state index in [2.05, 4.69) is 176 Å². The zero-order chi connectivity index (χ0) is 41.9. The molecule has 0 saturated carbocycles. The molecule has 0 aliphatic carbocycles. The number of aromatic nitrogens is 2. The van der Waals surface area contributed by atoms with Crippen LogP contribution in [0, 0.1) is 0 Å². The van der Waals surface area contributed by atoms with Crippen molar-refractivity contribution in [3.05, 3.63) is 207 Å². The van der Waals surface area contributed by atoms with E-state index < -0.39 is 0 Å². The van der Waals surface area contributed by atoms with Crippen LogP contribution < -0.4 is 0 Å². The van der Waals surface area contributed by atoms with E-state index in [4.69, 9.17) is 14.4 Å². The minimum absolute atomic E-state index is 0.886. The van der Waals surface area contributed by atoms with Crippen molar-refractivity contribution in [2.24, 2.45) is 0 Å². The fourth-order valence-electron chi connectivity index (χ4n) is 10.6. The van der Waals surface area contributed by atoms with Gasteiger partial charge in [-0.2, -0.15) is 0 Å². The summed E-state index contributed by atoms with van der Waals surface area (Å²) in [6.07, 6.45) is 7.86. The van der Waals surface area contributed by atoms with Gasteiger partial charge in [-0.15, -0.1) is 11.3 Å². The van der Waals surface area contributed by atoms with E-state index in [1.54, 1.807) is 0 Å². The monoisotopic (exact) mass is 830 g/mol. The molecule has 4 aromatic heterocycles. The van der Waals surface area contributed by atoms with Gasteiger partial charge < -0.3 is 4.42 Å². The Morgan fingerprint density at radius 1 is 0.312 bits per heavy atom. The summed E-state index contributed by atoms with van der Waals surface area (Å²) in [4.78, 5) is 9.44. The Kier molecular flexibility index (Phi) is 7.56. The molecule has 0 atom stereocenters. The van der Waals surface area contributed by atoms with Gasteiger partial charge in [0.2, 0.25) is 0 Å². The molecule has 14 aromatic rings. The molecule has 64 heavy (non-hydrogen) atoms. The van der Waals surface area contributed by atoms with E-state index in [1.807, 2.05) is 42.2 Å². The lowest BCUT2D eigenvalue weighted by Gasteiger charge is -2.18. The molecular formula is C60H34N2OS. The van der Waals surface area contributed by atoms with Crippen molar-refractivity contribution >= 4 is 107 Å². The Bertz CT molecular complexity index is 4200. The number of furan rings is 1. The quantitative estimate of drug-likeness (QED) is 0.131. The number of thiophene rings is 1. The molecule has 0 bridgehead atoms. The van der Waals surface area contributed by atoms with Crippen LogP contribution in [0.25, 0.3) is 140 Å². The fraction of sp³-hybridized carbons (Fsp3) is 0. The van der Waals surface area contributed by atoms with Gasteiger partial charge in [0, 0.05) is 72.1 Å². The van der Waals surface area contributed by atoms with Crippen molar-refractivity contribution in [1.29, 1.82) is 0 Å². The summed E-state index contributed by atoms with van der Waals surface area (Å²) in [6.45, 7) is 0. The number of fused-ring (bicyclic) bond motifs is 14. The molecule has 0 fully saturated rings. The Morgan fingerprint density at radius 3 is 1.62 bits per heavy atom. The second-order valence-electron chi connectivity index (χ2n) is 16.8. The fourth-order valence-corrected chi connectivity index (χ4v) is 11.7. The van der Waals surface area contributed by atoms with Gasteiger partial charge >= 0.3 is 0 Å². The number of hydrogen-bond acceptors (Lipinski definition) is 4. The second kappa shape index (κ2) is 13.7. The van der Waals surface area contributed by atoms with Crippen LogP contribution >= 0.6 is 11.3 Å². The highest BCUT2D eigenvalue weighted by Crippen LogP contribution is 2.47. The summed E-state index contributed by atoms with van der Waals surface area (Å²) >= 11 is 1.88. The van der Waals surface area contributed by atoms with Crippen molar-refractivity contribution < 1.29 is 4.42 Å². The third-order valence-corrected chi connectivity index (χ3v) is 14.5. The van der Waals surface area contributed by atoms with Crippen LogP contribution in [0.1, 0.15) is 0 Å². The third kappa shape index (κ3) is 5.21. The number of para-hydroxylation sites is 2. The Balaban J connectivity index is 1.04. The minimum Gasteiger partial charge on any atom is -0.455 e. The van der Waals surface area contributed by atoms with Crippen molar-refractivity contribution in [2.45, 2.75) is 0 Å². The molecule has 0 spiro atoms. The average Bonchev–Trinajstić information content (AvgIpc) is 3.93. The first-order chi connectivity index (χ1) is 31.7. The molecule has 0 aliphatic rings. The van der Waals surface area contributed by atoms with E-state index >= 15 is 0 Å². The summed E-state index contributed by atoms with van der Waals surface area (Å²) in [5.41, 5.74) is 10.8. The van der Waals surface area contributed by atoms with Crippen molar-refractivity contribution in [1.82, 2.24) is 9.97 Å². The first-order valence-electron chi connectivity index (χ1n) is 21.7. The Morgan fingerprint density at radius 2 is 0.891 bits per heavy atom. The van der Waals surface area contributed by atoms with Crippen LogP contribution in [0.5, 0.6) is 0 Å². The lowest BCUT2D eigenvalue weighted by molar-refractivity contribution is 0.670. The van der Waals surface area contributed by atoms with E-state index in [1.165, 1.54) is 52.5 Å². The first kappa shape index (κ1) is 35.4. The van der Waals surface area contributed by atoms with Gasteiger partial charge in [0.25, 0.3) is 0 Å². The molecule has 10 aromatic carbocycles. The summed E-state index contributed by atoms with van der Waals surface area (Å²) in [5, 5.41) is 17.0. The van der Waals surface area contributed by atoms with Gasteiger partial charge in [0.1, 0.15) is 11.2 Å². The minimum atomic E-state index is 0.886. The molecule has 0 aliphatic heterocycles. The average molecular weight is 831 g/mol. The highest BCUT2D eigenvalue weighted by atomic mass is 32.1. The summed E-state index contributed by atoms with van der Waals surface area (Å²) in [7, 11) is 0. The smallest absolute Gasteiger partial charge is 0.143 e. The zero-order valence-electron chi connectivity index (χ0n) is 34.3. The van der Waals surface area contributed by atoms with Crippen molar-refractivity contribution in [3.63, 3.8) is 0 Å². The third-order valence-electron chi connectivity index (χ3n) is 13.4. The molecule has 0 saturated heterocycles. The predicted octanol–water partition coefficient (Wildman–Crippen LogP) is 17.2. The summed E-state index contributed by atoms with van der Waals surface area (Å²) < 4.78 is 9.26.